The molecule has 2 aliphatic rings. The summed E-state index contributed by atoms with van der Waals surface area (Å²) in [6, 6.07) is 20.9. The van der Waals surface area contributed by atoms with Gasteiger partial charge >= 0.3 is 0 Å². The van der Waals surface area contributed by atoms with E-state index in [1.807, 2.05) is 78.6 Å². The highest BCUT2D eigenvalue weighted by Gasteiger charge is 2.34. The van der Waals surface area contributed by atoms with Crippen molar-refractivity contribution in [1.29, 1.82) is 0 Å². The third-order valence-electron chi connectivity index (χ3n) is 11.0. The molecule has 2 fully saturated rings. The molecule has 3 aromatic carbocycles. The topological polar surface area (TPSA) is 106 Å². The number of piperazine rings is 2. The van der Waals surface area contributed by atoms with Crippen molar-refractivity contribution < 1.29 is 9.59 Å². The lowest BCUT2D eigenvalue weighted by atomic mass is 9.86. The molecule has 2 saturated heterocycles. The van der Waals surface area contributed by atoms with Crippen LogP contribution in [0.5, 0.6) is 0 Å². The number of hydrogen-bond donors (Lipinski definition) is 2. The fraction of sp³-hybridized carbons (Fsp3) is 0.442. The summed E-state index contributed by atoms with van der Waals surface area (Å²) in [5.41, 5.74) is 6.03. The Hall–Kier alpha value is -4.84. The molecule has 0 saturated carbocycles. The monoisotopic (exact) mass is 732 g/mol. The van der Waals surface area contributed by atoms with Crippen LogP contribution in [0.4, 0.5) is 17.2 Å². The third-order valence-corrected chi connectivity index (χ3v) is 11.0. The van der Waals surface area contributed by atoms with Crippen molar-refractivity contribution in [3.05, 3.63) is 106 Å². The molecule has 1 aromatic heterocycles. The number of carbonyl (C=O) groups is 2. The van der Waals surface area contributed by atoms with Crippen LogP contribution in [0.1, 0.15) is 67.7 Å². The number of rotatable bonds is 10. The van der Waals surface area contributed by atoms with Crippen molar-refractivity contribution in [2.75, 3.05) is 76.1 Å². The smallest absolute Gasteiger partial charge is 0.293 e. The van der Waals surface area contributed by atoms with E-state index in [1.54, 1.807) is 13.2 Å². The average molecular weight is 733 g/mol. The van der Waals surface area contributed by atoms with Crippen molar-refractivity contribution in [3.8, 4) is 11.3 Å². The van der Waals surface area contributed by atoms with Crippen molar-refractivity contribution in [2.45, 2.75) is 53.0 Å². The molecule has 54 heavy (non-hydrogen) atoms. The molecule has 1 unspecified atom stereocenters. The SMILES string of the molecule is CCN1CCN(C(=O)C(c2ccc(Nc3nc(-c4cccc(NC(=O)c5ccc(C(C)(C)C)cc5)c4C)cn(C)c3=O)cc2)N2CCN(CC)CC2)CC1. The zero-order valence-corrected chi connectivity index (χ0v) is 33.0. The van der Waals surface area contributed by atoms with Crippen molar-refractivity contribution in [1.82, 2.24) is 29.2 Å². The van der Waals surface area contributed by atoms with Gasteiger partial charge in [-0.2, -0.15) is 0 Å². The van der Waals surface area contributed by atoms with Crippen LogP contribution in [-0.2, 0) is 17.3 Å². The lowest BCUT2D eigenvalue weighted by Gasteiger charge is -2.42. The van der Waals surface area contributed by atoms with E-state index in [4.69, 9.17) is 4.98 Å². The Labute approximate surface area is 320 Å². The van der Waals surface area contributed by atoms with Crippen molar-refractivity contribution in [3.63, 3.8) is 0 Å². The van der Waals surface area contributed by atoms with Crippen LogP contribution in [-0.4, -0.2) is 106 Å². The van der Waals surface area contributed by atoms with Gasteiger partial charge in [0.15, 0.2) is 5.82 Å². The Morgan fingerprint density at radius 1 is 0.815 bits per heavy atom. The van der Waals surface area contributed by atoms with Gasteiger partial charge in [0.05, 0.1) is 5.69 Å². The molecule has 3 heterocycles. The summed E-state index contributed by atoms with van der Waals surface area (Å²) in [6.07, 6.45) is 1.71. The molecule has 2 amide bonds. The van der Waals surface area contributed by atoms with E-state index >= 15 is 0 Å². The van der Waals surface area contributed by atoms with Gasteiger partial charge in [-0.05, 0) is 72.5 Å². The minimum Gasteiger partial charge on any atom is -0.338 e. The highest BCUT2D eigenvalue weighted by atomic mass is 16.2. The maximum atomic E-state index is 14.2. The Kier molecular flexibility index (Phi) is 12.0. The summed E-state index contributed by atoms with van der Waals surface area (Å²) in [5, 5.41) is 6.32. The van der Waals surface area contributed by atoms with E-state index in [0.29, 0.717) is 22.6 Å². The first-order chi connectivity index (χ1) is 25.9. The summed E-state index contributed by atoms with van der Waals surface area (Å²) < 4.78 is 1.52. The number of carbonyl (C=O) groups excluding carboxylic acids is 2. The number of likely N-dealkylation sites (N-methyl/N-ethyl adjacent to an activating group) is 2. The largest absolute Gasteiger partial charge is 0.338 e. The minimum absolute atomic E-state index is 0.00214. The van der Waals surface area contributed by atoms with Crippen LogP contribution in [0.25, 0.3) is 11.3 Å². The van der Waals surface area contributed by atoms with E-state index < -0.39 is 0 Å². The van der Waals surface area contributed by atoms with Crippen LogP contribution in [0, 0.1) is 6.92 Å². The van der Waals surface area contributed by atoms with E-state index in [-0.39, 0.29) is 34.6 Å². The lowest BCUT2D eigenvalue weighted by molar-refractivity contribution is -0.140. The van der Waals surface area contributed by atoms with Crippen molar-refractivity contribution in [2.24, 2.45) is 7.05 Å². The number of nitrogens with zero attached hydrogens (tertiary/aromatic N) is 6. The predicted molar refractivity (Wildman–Crippen MR) is 218 cm³/mol. The van der Waals surface area contributed by atoms with Gasteiger partial charge in [-0.25, -0.2) is 4.98 Å². The molecule has 11 nitrogen and oxygen atoms in total. The zero-order valence-electron chi connectivity index (χ0n) is 33.0. The second kappa shape index (κ2) is 16.7. The van der Waals surface area contributed by atoms with E-state index in [9.17, 15) is 14.4 Å². The molecule has 0 aliphatic carbocycles. The van der Waals surface area contributed by atoms with Crippen LogP contribution in [0.3, 0.4) is 0 Å². The van der Waals surface area contributed by atoms with E-state index in [0.717, 1.165) is 87.7 Å². The van der Waals surface area contributed by atoms with Gasteiger partial charge in [0, 0.05) is 88.1 Å². The Bertz CT molecular complexity index is 1990. The summed E-state index contributed by atoms with van der Waals surface area (Å²) in [4.78, 5) is 54.7. The first kappa shape index (κ1) is 38.9. The number of nitrogens with one attached hydrogen (secondary N) is 2. The summed E-state index contributed by atoms with van der Waals surface area (Å²) >= 11 is 0. The summed E-state index contributed by atoms with van der Waals surface area (Å²) in [5.74, 6) is 0.153. The molecule has 0 radical (unpaired) electrons. The summed E-state index contributed by atoms with van der Waals surface area (Å²) in [7, 11) is 1.71. The van der Waals surface area contributed by atoms with Crippen LogP contribution < -0.4 is 16.2 Å². The summed E-state index contributed by atoms with van der Waals surface area (Å²) in [6.45, 7) is 21.6. The predicted octanol–water partition coefficient (Wildman–Crippen LogP) is 5.89. The van der Waals surface area contributed by atoms with Gasteiger partial charge in [0.25, 0.3) is 11.5 Å². The zero-order chi connectivity index (χ0) is 38.6. The average Bonchev–Trinajstić information content (AvgIpc) is 3.18. The molecule has 6 rings (SSSR count). The number of anilines is 3. The molecule has 1 atom stereocenters. The molecule has 4 aromatic rings. The maximum Gasteiger partial charge on any atom is 0.293 e. The number of amides is 2. The number of hydrogen-bond acceptors (Lipinski definition) is 8. The number of benzene rings is 3. The van der Waals surface area contributed by atoms with Gasteiger partial charge in [-0.1, -0.05) is 71.0 Å². The number of aryl methyl sites for hydroxylation is 1. The standard InChI is InChI=1S/C43H56N8O3/c1-8-48-21-25-50(26-22-48)38(41(53)51-27-23-49(9-2)24-28-51)31-15-19-34(20-16-31)44-39-42(54)47(7)29-37(45-39)35-11-10-12-36(30(35)3)46-40(52)32-13-17-33(18-14-32)43(4,5)6/h10-20,29,38H,8-9,21-28H2,1-7H3,(H,44,45)(H,46,52). The van der Waals surface area contributed by atoms with Crippen LogP contribution in [0.2, 0.25) is 0 Å². The second-order valence-electron chi connectivity index (χ2n) is 15.5. The molecule has 11 heteroatoms. The van der Waals surface area contributed by atoms with Crippen molar-refractivity contribution >= 4 is 29.0 Å². The highest BCUT2D eigenvalue weighted by Crippen LogP contribution is 2.30. The molecule has 2 aliphatic heterocycles. The molecular formula is C43H56N8O3. The molecule has 2 N–H and O–H groups in total. The quantitative estimate of drug-likeness (QED) is 0.208. The normalized spacial score (nSPS) is 16.6. The van der Waals surface area contributed by atoms with Crippen LogP contribution in [0.15, 0.2) is 77.7 Å². The molecular weight excluding hydrogens is 677 g/mol. The molecule has 286 valence electrons. The number of aromatic nitrogens is 2. The van der Waals surface area contributed by atoms with Gasteiger partial charge < -0.3 is 29.9 Å². The second-order valence-corrected chi connectivity index (χ2v) is 15.5. The molecule has 0 bridgehead atoms. The fourth-order valence-electron chi connectivity index (χ4n) is 7.37. The minimum atomic E-state index is -0.362. The third kappa shape index (κ3) is 8.75. The lowest BCUT2D eigenvalue weighted by Crippen LogP contribution is -2.54. The molecule has 0 spiro atoms. The first-order valence-electron chi connectivity index (χ1n) is 19.3. The van der Waals surface area contributed by atoms with Gasteiger partial charge in [0.2, 0.25) is 5.91 Å². The Morgan fingerprint density at radius 2 is 1.43 bits per heavy atom. The van der Waals surface area contributed by atoms with Gasteiger partial charge in [-0.3, -0.25) is 19.3 Å². The highest BCUT2D eigenvalue weighted by molar-refractivity contribution is 6.05. The fourth-order valence-corrected chi connectivity index (χ4v) is 7.37. The van der Waals surface area contributed by atoms with Gasteiger partial charge in [0.1, 0.15) is 6.04 Å². The maximum absolute atomic E-state index is 14.2. The Balaban J connectivity index is 1.21. The van der Waals surface area contributed by atoms with Crippen LogP contribution >= 0.6 is 0 Å². The first-order valence-corrected chi connectivity index (χ1v) is 19.3. The Morgan fingerprint density at radius 3 is 2.02 bits per heavy atom. The van der Waals surface area contributed by atoms with Gasteiger partial charge in [-0.15, -0.1) is 0 Å². The van der Waals surface area contributed by atoms with E-state index in [2.05, 4.69) is 60.0 Å². The van der Waals surface area contributed by atoms with E-state index in [1.165, 1.54) is 4.57 Å².